The molecule has 0 saturated heterocycles. The Kier molecular flexibility index (Phi) is 4.82. The third-order valence-corrected chi connectivity index (χ3v) is 5.67. The summed E-state index contributed by atoms with van der Waals surface area (Å²) in [5.41, 5.74) is 1.90. The minimum atomic E-state index is -3.82. The molecule has 4 rings (SSSR count). The van der Waals surface area contributed by atoms with Crippen LogP contribution in [0.5, 0.6) is 0 Å². The molecule has 7 nitrogen and oxygen atoms in total. The van der Waals surface area contributed by atoms with E-state index in [9.17, 15) is 8.42 Å². The molecule has 0 saturated carbocycles. The predicted octanol–water partition coefficient (Wildman–Crippen LogP) is 4.36. The average molecular weight is 418 g/mol. The number of halogens is 1. The Bertz CT molecular complexity index is 1230. The van der Waals surface area contributed by atoms with E-state index >= 15 is 0 Å². The molecule has 4 aromatic rings. The highest BCUT2D eigenvalue weighted by Crippen LogP contribution is 2.24. The quantitative estimate of drug-likeness (QED) is 0.500. The number of benzene rings is 2. The summed E-state index contributed by atoms with van der Waals surface area (Å²) in [6.07, 6.45) is 3.01. The second-order valence-electron chi connectivity index (χ2n) is 6.25. The van der Waals surface area contributed by atoms with Crippen molar-refractivity contribution in [1.29, 1.82) is 0 Å². The first-order valence-electron chi connectivity index (χ1n) is 8.48. The first kappa shape index (κ1) is 18.5. The van der Waals surface area contributed by atoms with Crippen molar-refractivity contribution in [3.8, 4) is 0 Å². The van der Waals surface area contributed by atoms with Gasteiger partial charge in [0.25, 0.3) is 10.0 Å². The molecule has 0 bridgehead atoms. The Labute approximate surface area is 166 Å². The predicted molar refractivity (Wildman–Crippen MR) is 105 cm³/mol. The fraction of sp³-hybridized carbons (Fsp3) is 0.158. The maximum atomic E-state index is 12.6. The van der Waals surface area contributed by atoms with E-state index in [2.05, 4.69) is 14.7 Å². The lowest BCUT2D eigenvalue weighted by molar-refractivity contribution is 0.470. The molecule has 0 unspecified atom stereocenters. The van der Waals surface area contributed by atoms with Crippen molar-refractivity contribution < 1.29 is 17.3 Å². The van der Waals surface area contributed by atoms with E-state index in [0.29, 0.717) is 34.9 Å². The summed E-state index contributed by atoms with van der Waals surface area (Å²) >= 11 is 5.91. The number of oxazole rings is 2. The fourth-order valence-electron chi connectivity index (χ4n) is 2.72. The van der Waals surface area contributed by atoms with Gasteiger partial charge < -0.3 is 8.83 Å². The standard InChI is InChI=1S/C19H16ClN3O4S/c1-12-11-21-18(26-12)9-4-13-2-6-15(7-3-13)28(24,25)23-19-22-16-10-14(20)5-8-17(16)27-19/h2-3,5-8,10-11H,4,9H2,1H3,(H,22,23). The van der Waals surface area contributed by atoms with Gasteiger partial charge in [0.05, 0.1) is 11.1 Å². The normalized spacial score (nSPS) is 11.8. The molecule has 0 aliphatic carbocycles. The molecular weight excluding hydrogens is 402 g/mol. The summed E-state index contributed by atoms with van der Waals surface area (Å²) in [7, 11) is -3.82. The number of sulfonamides is 1. The van der Waals surface area contributed by atoms with E-state index in [1.807, 2.05) is 6.92 Å². The Morgan fingerprint density at radius 1 is 1.07 bits per heavy atom. The van der Waals surface area contributed by atoms with Gasteiger partial charge in [0.15, 0.2) is 11.5 Å². The first-order chi connectivity index (χ1) is 13.4. The van der Waals surface area contributed by atoms with Gasteiger partial charge in [-0.25, -0.2) is 18.1 Å². The maximum Gasteiger partial charge on any atom is 0.309 e. The van der Waals surface area contributed by atoms with Crippen molar-refractivity contribution in [2.24, 2.45) is 0 Å². The molecule has 144 valence electrons. The van der Waals surface area contributed by atoms with Gasteiger partial charge in [0.1, 0.15) is 11.3 Å². The van der Waals surface area contributed by atoms with E-state index in [-0.39, 0.29) is 10.9 Å². The maximum absolute atomic E-state index is 12.6. The summed E-state index contributed by atoms with van der Waals surface area (Å²) < 4.78 is 38.4. The highest BCUT2D eigenvalue weighted by molar-refractivity contribution is 7.92. The van der Waals surface area contributed by atoms with Gasteiger partial charge in [-0.05, 0) is 49.2 Å². The Balaban J connectivity index is 1.47. The molecule has 0 spiro atoms. The summed E-state index contributed by atoms with van der Waals surface area (Å²) in [6.45, 7) is 1.84. The van der Waals surface area contributed by atoms with Crippen molar-refractivity contribution in [1.82, 2.24) is 9.97 Å². The number of fused-ring (bicyclic) bond motifs is 1. The number of anilines is 1. The second kappa shape index (κ2) is 7.29. The van der Waals surface area contributed by atoms with Crippen LogP contribution in [-0.4, -0.2) is 18.4 Å². The molecule has 0 amide bonds. The molecule has 9 heteroatoms. The van der Waals surface area contributed by atoms with Crippen LogP contribution in [0.15, 0.2) is 62.4 Å². The Morgan fingerprint density at radius 3 is 2.57 bits per heavy atom. The van der Waals surface area contributed by atoms with Gasteiger partial charge in [-0.2, -0.15) is 4.98 Å². The lowest BCUT2D eigenvalue weighted by Crippen LogP contribution is -2.13. The third kappa shape index (κ3) is 4.02. The number of aromatic nitrogens is 2. The van der Waals surface area contributed by atoms with Crippen LogP contribution in [0.25, 0.3) is 11.1 Å². The largest absolute Gasteiger partial charge is 0.446 e. The molecule has 2 heterocycles. The second-order valence-corrected chi connectivity index (χ2v) is 8.36. The summed E-state index contributed by atoms with van der Waals surface area (Å²) in [4.78, 5) is 8.38. The van der Waals surface area contributed by atoms with E-state index in [0.717, 1.165) is 11.3 Å². The lowest BCUT2D eigenvalue weighted by atomic mass is 10.1. The molecule has 0 aliphatic heterocycles. The van der Waals surface area contributed by atoms with Crippen LogP contribution in [-0.2, 0) is 22.9 Å². The number of nitrogens with zero attached hydrogens (tertiary/aromatic N) is 2. The first-order valence-corrected chi connectivity index (χ1v) is 10.3. The van der Waals surface area contributed by atoms with Gasteiger partial charge in [-0.3, -0.25) is 0 Å². The zero-order valence-corrected chi connectivity index (χ0v) is 16.4. The smallest absolute Gasteiger partial charge is 0.309 e. The van der Waals surface area contributed by atoms with Crippen LogP contribution in [0.1, 0.15) is 17.2 Å². The fourth-order valence-corrected chi connectivity index (χ4v) is 3.82. The van der Waals surface area contributed by atoms with Crippen LogP contribution in [0, 0.1) is 6.92 Å². The summed E-state index contributed by atoms with van der Waals surface area (Å²) in [5, 5.41) is 0.491. The van der Waals surface area contributed by atoms with Gasteiger partial charge in [0.2, 0.25) is 0 Å². The zero-order valence-electron chi connectivity index (χ0n) is 14.8. The van der Waals surface area contributed by atoms with Crippen molar-refractivity contribution in [2.45, 2.75) is 24.7 Å². The molecular formula is C19H16ClN3O4S. The number of hydrogen-bond acceptors (Lipinski definition) is 6. The minimum absolute atomic E-state index is 0.111. The third-order valence-electron chi connectivity index (χ3n) is 4.10. The van der Waals surface area contributed by atoms with Crippen molar-refractivity contribution in [3.05, 3.63) is 70.9 Å². The molecule has 2 aromatic carbocycles. The number of nitrogens with one attached hydrogen (secondary N) is 1. The highest BCUT2D eigenvalue weighted by Gasteiger charge is 2.18. The van der Waals surface area contributed by atoms with E-state index in [1.165, 1.54) is 12.1 Å². The van der Waals surface area contributed by atoms with E-state index in [1.54, 1.807) is 36.5 Å². The van der Waals surface area contributed by atoms with Crippen LogP contribution in [0.3, 0.4) is 0 Å². The number of rotatable bonds is 6. The van der Waals surface area contributed by atoms with Crippen LogP contribution in [0.2, 0.25) is 5.02 Å². The number of hydrogen-bond donors (Lipinski definition) is 1. The van der Waals surface area contributed by atoms with Crippen LogP contribution >= 0.6 is 11.6 Å². The topological polar surface area (TPSA) is 98.2 Å². The molecule has 0 atom stereocenters. The Morgan fingerprint density at radius 2 is 1.86 bits per heavy atom. The van der Waals surface area contributed by atoms with E-state index < -0.39 is 10.0 Å². The molecule has 0 radical (unpaired) electrons. The SMILES string of the molecule is Cc1cnc(CCc2ccc(S(=O)(=O)Nc3nc4cc(Cl)ccc4o3)cc2)o1. The molecule has 0 fully saturated rings. The van der Waals surface area contributed by atoms with Crippen molar-refractivity contribution in [3.63, 3.8) is 0 Å². The zero-order chi connectivity index (χ0) is 19.7. The average Bonchev–Trinajstić information content (AvgIpc) is 3.24. The lowest BCUT2D eigenvalue weighted by Gasteiger charge is -2.05. The van der Waals surface area contributed by atoms with Crippen molar-refractivity contribution >= 4 is 38.7 Å². The van der Waals surface area contributed by atoms with Gasteiger partial charge in [-0.15, -0.1) is 0 Å². The molecule has 28 heavy (non-hydrogen) atoms. The minimum Gasteiger partial charge on any atom is -0.446 e. The molecule has 1 N–H and O–H groups in total. The van der Waals surface area contributed by atoms with E-state index in [4.69, 9.17) is 20.4 Å². The monoisotopic (exact) mass is 417 g/mol. The van der Waals surface area contributed by atoms with Crippen LogP contribution in [0.4, 0.5) is 6.01 Å². The van der Waals surface area contributed by atoms with Crippen LogP contribution < -0.4 is 4.72 Å². The molecule has 2 aromatic heterocycles. The van der Waals surface area contributed by atoms with Gasteiger partial charge in [-0.1, -0.05) is 23.7 Å². The number of aryl methyl sites for hydroxylation is 3. The Hall–Kier alpha value is -2.84. The molecule has 0 aliphatic rings. The van der Waals surface area contributed by atoms with Crippen molar-refractivity contribution in [2.75, 3.05) is 4.72 Å². The highest BCUT2D eigenvalue weighted by atomic mass is 35.5. The van der Waals surface area contributed by atoms with Gasteiger partial charge >= 0.3 is 6.01 Å². The van der Waals surface area contributed by atoms with Gasteiger partial charge in [0, 0.05) is 11.4 Å². The summed E-state index contributed by atoms with van der Waals surface area (Å²) in [5.74, 6) is 1.43. The summed E-state index contributed by atoms with van der Waals surface area (Å²) in [6, 6.07) is 11.4.